The minimum absolute atomic E-state index is 0.0598. The summed E-state index contributed by atoms with van der Waals surface area (Å²) in [6.07, 6.45) is 1.61. The summed E-state index contributed by atoms with van der Waals surface area (Å²) in [5.41, 5.74) is 0. The lowest BCUT2D eigenvalue weighted by Crippen LogP contribution is -2.46. The van der Waals surface area contributed by atoms with Gasteiger partial charge in [0.05, 0.1) is 5.92 Å². The lowest BCUT2D eigenvalue weighted by atomic mass is 10.0. The second kappa shape index (κ2) is 4.96. The van der Waals surface area contributed by atoms with E-state index in [1.807, 2.05) is 0 Å². The van der Waals surface area contributed by atoms with Gasteiger partial charge in [-0.25, -0.2) is 0 Å². The van der Waals surface area contributed by atoms with E-state index in [0.717, 1.165) is 12.8 Å². The predicted molar refractivity (Wildman–Crippen MR) is 62.7 cm³/mol. The highest BCUT2D eigenvalue weighted by Crippen LogP contribution is 2.25. The summed E-state index contributed by atoms with van der Waals surface area (Å²) >= 11 is 0. The SMILES string of the molecule is CC(=O)N1CCC(N2CC(C(=O)O)CC2=O)CC1. The van der Waals surface area contributed by atoms with Gasteiger partial charge in [0, 0.05) is 39.0 Å². The molecule has 2 fully saturated rings. The maximum Gasteiger partial charge on any atom is 0.308 e. The third-order valence-electron chi connectivity index (χ3n) is 3.86. The molecule has 0 saturated carbocycles. The lowest BCUT2D eigenvalue weighted by molar-refractivity contribution is -0.141. The number of carboxylic acids is 1. The predicted octanol–water partition coefficient (Wildman–Crippen LogP) is -0.0696. The Kier molecular flexibility index (Phi) is 3.54. The van der Waals surface area contributed by atoms with E-state index in [2.05, 4.69) is 0 Å². The zero-order chi connectivity index (χ0) is 13.3. The average molecular weight is 254 g/mol. The van der Waals surface area contributed by atoms with Crippen LogP contribution in [0.2, 0.25) is 0 Å². The van der Waals surface area contributed by atoms with Crippen molar-refractivity contribution in [3.05, 3.63) is 0 Å². The average Bonchev–Trinajstić information content (AvgIpc) is 2.71. The summed E-state index contributed by atoms with van der Waals surface area (Å²) < 4.78 is 0. The van der Waals surface area contributed by atoms with Crippen molar-refractivity contribution in [3.8, 4) is 0 Å². The van der Waals surface area contributed by atoms with Crippen LogP contribution < -0.4 is 0 Å². The van der Waals surface area contributed by atoms with E-state index in [9.17, 15) is 14.4 Å². The number of rotatable bonds is 2. The molecule has 0 radical (unpaired) electrons. The number of carboxylic acid groups (broad SMARTS) is 1. The molecule has 0 aromatic rings. The Bertz CT molecular complexity index is 374. The number of carbonyl (C=O) groups excluding carboxylic acids is 2. The van der Waals surface area contributed by atoms with Crippen LogP contribution in [0.3, 0.4) is 0 Å². The molecule has 2 saturated heterocycles. The van der Waals surface area contributed by atoms with E-state index in [0.29, 0.717) is 19.6 Å². The number of likely N-dealkylation sites (tertiary alicyclic amines) is 2. The molecule has 0 aromatic heterocycles. The molecule has 6 heteroatoms. The third-order valence-corrected chi connectivity index (χ3v) is 3.86. The van der Waals surface area contributed by atoms with Gasteiger partial charge in [-0.05, 0) is 12.8 Å². The standard InChI is InChI=1S/C12H18N2O4/c1-8(15)13-4-2-10(3-5-13)14-7-9(12(17)18)6-11(14)16/h9-10H,2-7H2,1H3,(H,17,18). The minimum Gasteiger partial charge on any atom is -0.481 e. The van der Waals surface area contributed by atoms with Crippen LogP contribution in [0, 0.1) is 5.92 Å². The summed E-state index contributed by atoms with van der Waals surface area (Å²) in [6.45, 7) is 3.17. The largest absolute Gasteiger partial charge is 0.481 e. The monoisotopic (exact) mass is 254 g/mol. The summed E-state index contributed by atoms with van der Waals surface area (Å²) in [5, 5.41) is 8.93. The maximum atomic E-state index is 11.8. The smallest absolute Gasteiger partial charge is 0.308 e. The zero-order valence-corrected chi connectivity index (χ0v) is 10.5. The van der Waals surface area contributed by atoms with Gasteiger partial charge in [-0.2, -0.15) is 0 Å². The number of hydrogen-bond acceptors (Lipinski definition) is 3. The molecule has 0 aromatic carbocycles. The molecule has 18 heavy (non-hydrogen) atoms. The van der Waals surface area contributed by atoms with E-state index < -0.39 is 11.9 Å². The van der Waals surface area contributed by atoms with Crippen molar-refractivity contribution in [1.82, 2.24) is 9.80 Å². The van der Waals surface area contributed by atoms with Gasteiger partial charge in [0.25, 0.3) is 0 Å². The van der Waals surface area contributed by atoms with Crippen LogP contribution in [0.15, 0.2) is 0 Å². The molecule has 0 aliphatic carbocycles. The molecule has 1 unspecified atom stereocenters. The van der Waals surface area contributed by atoms with E-state index in [1.165, 1.54) is 0 Å². The van der Waals surface area contributed by atoms with Crippen molar-refractivity contribution < 1.29 is 19.5 Å². The first-order valence-corrected chi connectivity index (χ1v) is 6.27. The lowest BCUT2D eigenvalue weighted by Gasteiger charge is -2.36. The van der Waals surface area contributed by atoms with Crippen LogP contribution in [0.1, 0.15) is 26.2 Å². The molecule has 2 rings (SSSR count). The molecule has 2 heterocycles. The quantitative estimate of drug-likeness (QED) is 0.748. The van der Waals surface area contributed by atoms with Gasteiger partial charge >= 0.3 is 5.97 Å². The van der Waals surface area contributed by atoms with Crippen LogP contribution >= 0.6 is 0 Å². The van der Waals surface area contributed by atoms with Gasteiger partial charge in [0.1, 0.15) is 0 Å². The number of hydrogen-bond donors (Lipinski definition) is 1. The number of piperidine rings is 1. The van der Waals surface area contributed by atoms with E-state index in [4.69, 9.17) is 5.11 Å². The fraction of sp³-hybridized carbons (Fsp3) is 0.750. The molecule has 6 nitrogen and oxygen atoms in total. The molecule has 0 bridgehead atoms. The molecule has 100 valence electrons. The molecule has 0 spiro atoms. The number of amides is 2. The van der Waals surface area contributed by atoms with Crippen molar-refractivity contribution >= 4 is 17.8 Å². The zero-order valence-electron chi connectivity index (χ0n) is 10.5. The van der Waals surface area contributed by atoms with Gasteiger partial charge in [-0.3, -0.25) is 14.4 Å². The summed E-state index contributed by atoms with van der Waals surface area (Å²) in [7, 11) is 0. The van der Waals surface area contributed by atoms with Gasteiger partial charge in [-0.15, -0.1) is 0 Å². The Hall–Kier alpha value is -1.59. The molecule has 2 aliphatic heterocycles. The van der Waals surface area contributed by atoms with E-state index in [-0.39, 0.29) is 24.3 Å². The van der Waals surface area contributed by atoms with Crippen molar-refractivity contribution in [1.29, 1.82) is 0 Å². The van der Waals surface area contributed by atoms with Crippen molar-refractivity contribution in [2.75, 3.05) is 19.6 Å². The maximum absolute atomic E-state index is 11.8. The van der Waals surface area contributed by atoms with Gasteiger partial charge < -0.3 is 14.9 Å². The van der Waals surface area contributed by atoms with E-state index >= 15 is 0 Å². The van der Waals surface area contributed by atoms with Gasteiger partial charge in [-0.1, -0.05) is 0 Å². The number of carbonyl (C=O) groups is 3. The van der Waals surface area contributed by atoms with Crippen LogP contribution in [-0.2, 0) is 14.4 Å². The molecule has 2 aliphatic rings. The molecular formula is C12H18N2O4. The fourth-order valence-electron chi connectivity index (χ4n) is 2.74. The number of aliphatic carboxylic acids is 1. The first-order valence-electron chi connectivity index (χ1n) is 6.27. The number of nitrogens with zero attached hydrogens (tertiary/aromatic N) is 2. The fourth-order valence-corrected chi connectivity index (χ4v) is 2.74. The Morgan fingerprint density at radius 3 is 2.33 bits per heavy atom. The third kappa shape index (κ3) is 2.47. The topological polar surface area (TPSA) is 77.9 Å². The second-order valence-corrected chi connectivity index (χ2v) is 5.02. The minimum atomic E-state index is -0.896. The first kappa shape index (κ1) is 12.9. The highest BCUT2D eigenvalue weighted by Gasteiger charge is 2.38. The highest BCUT2D eigenvalue weighted by atomic mass is 16.4. The van der Waals surface area contributed by atoms with Crippen molar-refractivity contribution in [2.45, 2.75) is 32.2 Å². The molecule has 1 N–H and O–H groups in total. The molecule has 2 amide bonds. The Labute approximate surface area is 106 Å². The van der Waals surface area contributed by atoms with E-state index in [1.54, 1.807) is 16.7 Å². The summed E-state index contributed by atoms with van der Waals surface area (Å²) in [5.74, 6) is -1.47. The highest BCUT2D eigenvalue weighted by molar-refractivity contribution is 5.86. The van der Waals surface area contributed by atoms with Crippen LogP contribution in [0.25, 0.3) is 0 Å². The normalized spacial score (nSPS) is 25.6. The molecular weight excluding hydrogens is 236 g/mol. The van der Waals surface area contributed by atoms with Crippen molar-refractivity contribution in [3.63, 3.8) is 0 Å². The summed E-state index contributed by atoms with van der Waals surface area (Å²) in [4.78, 5) is 37.3. The second-order valence-electron chi connectivity index (χ2n) is 5.02. The Morgan fingerprint density at radius 2 is 1.89 bits per heavy atom. The van der Waals surface area contributed by atoms with Crippen LogP contribution in [0.5, 0.6) is 0 Å². The Balaban J connectivity index is 1.92. The van der Waals surface area contributed by atoms with Gasteiger partial charge in [0.2, 0.25) is 11.8 Å². The van der Waals surface area contributed by atoms with Crippen LogP contribution in [-0.4, -0.2) is 58.4 Å². The summed E-state index contributed by atoms with van der Waals surface area (Å²) in [6, 6.07) is 0.0949. The van der Waals surface area contributed by atoms with Gasteiger partial charge in [0.15, 0.2) is 0 Å². The first-order chi connectivity index (χ1) is 8.49. The van der Waals surface area contributed by atoms with Crippen molar-refractivity contribution in [2.24, 2.45) is 5.92 Å². The Morgan fingerprint density at radius 1 is 1.28 bits per heavy atom. The van der Waals surface area contributed by atoms with Crippen LogP contribution in [0.4, 0.5) is 0 Å². The molecule has 1 atom stereocenters.